The number of carbonyl (C=O) groups excluding carboxylic acids is 1. The zero-order valence-electron chi connectivity index (χ0n) is 15.8. The average Bonchev–Trinajstić information content (AvgIpc) is 3.05. The number of benzene rings is 2. The molecule has 0 aliphatic carbocycles. The molecule has 0 saturated carbocycles. The normalized spacial score (nSPS) is 19.5. The van der Waals surface area contributed by atoms with E-state index in [1.54, 1.807) is 12.1 Å². The van der Waals surface area contributed by atoms with Crippen LogP contribution < -0.4 is 5.32 Å². The lowest BCUT2D eigenvalue weighted by Gasteiger charge is -2.27. The molecule has 0 bridgehead atoms. The molecule has 1 amide bonds. The molecule has 28 heavy (non-hydrogen) atoms. The van der Waals surface area contributed by atoms with Crippen molar-refractivity contribution in [2.45, 2.75) is 25.4 Å². The monoisotopic (exact) mass is 420 g/mol. The molecule has 1 fully saturated rings. The zero-order chi connectivity index (χ0) is 20.1. The van der Waals surface area contributed by atoms with Gasteiger partial charge >= 0.3 is 0 Å². The molecule has 2 atom stereocenters. The van der Waals surface area contributed by atoms with Crippen molar-refractivity contribution in [2.24, 2.45) is 0 Å². The lowest BCUT2D eigenvalue weighted by Crippen LogP contribution is -2.44. The Bertz CT molecular complexity index is 901. The predicted molar refractivity (Wildman–Crippen MR) is 112 cm³/mol. The minimum atomic E-state index is -2.99. The molecule has 150 valence electrons. The van der Waals surface area contributed by atoms with Gasteiger partial charge in [0.15, 0.2) is 9.84 Å². The van der Waals surface area contributed by atoms with E-state index >= 15 is 0 Å². The number of sulfone groups is 1. The van der Waals surface area contributed by atoms with E-state index in [1.807, 2.05) is 54.3 Å². The number of rotatable bonds is 7. The van der Waals surface area contributed by atoms with Crippen molar-refractivity contribution in [3.8, 4) is 0 Å². The van der Waals surface area contributed by atoms with E-state index in [4.69, 9.17) is 11.6 Å². The van der Waals surface area contributed by atoms with Crippen LogP contribution in [0.5, 0.6) is 0 Å². The number of hydrogen-bond donors (Lipinski definition) is 1. The third kappa shape index (κ3) is 5.34. The molecular weight excluding hydrogens is 396 g/mol. The van der Waals surface area contributed by atoms with Crippen molar-refractivity contribution in [3.05, 3.63) is 70.7 Å². The summed E-state index contributed by atoms with van der Waals surface area (Å²) in [7, 11) is -2.99. The van der Waals surface area contributed by atoms with Gasteiger partial charge in [-0.15, -0.1) is 0 Å². The van der Waals surface area contributed by atoms with Gasteiger partial charge in [0.1, 0.15) is 0 Å². The highest BCUT2D eigenvalue weighted by atomic mass is 35.5. The number of carbonyl (C=O) groups is 1. The first-order valence-corrected chi connectivity index (χ1v) is 11.6. The second-order valence-electron chi connectivity index (χ2n) is 7.08. The van der Waals surface area contributed by atoms with E-state index in [2.05, 4.69) is 5.32 Å². The smallest absolute Gasteiger partial charge is 0.234 e. The summed E-state index contributed by atoms with van der Waals surface area (Å²) in [6.45, 7) is 2.75. The number of likely N-dealkylation sites (N-methyl/N-ethyl adjacent to an activating group) is 1. The second-order valence-corrected chi connectivity index (χ2v) is 9.75. The Labute approximate surface area is 171 Å². The summed E-state index contributed by atoms with van der Waals surface area (Å²) >= 11 is 6.01. The molecular formula is C21H25ClN2O3S. The van der Waals surface area contributed by atoms with Crippen LogP contribution >= 0.6 is 11.6 Å². The van der Waals surface area contributed by atoms with Gasteiger partial charge in [0, 0.05) is 11.1 Å². The van der Waals surface area contributed by atoms with Crippen molar-refractivity contribution in [2.75, 3.05) is 24.6 Å². The summed E-state index contributed by atoms with van der Waals surface area (Å²) < 4.78 is 23.6. The summed E-state index contributed by atoms with van der Waals surface area (Å²) in [5, 5.41) is 3.75. The highest BCUT2D eigenvalue weighted by molar-refractivity contribution is 7.91. The van der Waals surface area contributed by atoms with E-state index in [-0.39, 0.29) is 36.0 Å². The van der Waals surface area contributed by atoms with Gasteiger partial charge in [0.05, 0.1) is 24.1 Å². The highest BCUT2D eigenvalue weighted by Crippen LogP contribution is 2.24. The quantitative estimate of drug-likeness (QED) is 0.747. The number of nitrogens with one attached hydrogen (secondary N) is 1. The first-order valence-electron chi connectivity index (χ1n) is 9.42. The van der Waals surface area contributed by atoms with Gasteiger partial charge in [-0.05, 0) is 36.2 Å². The molecule has 2 aromatic carbocycles. The first-order chi connectivity index (χ1) is 13.4. The first kappa shape index (κ1) is 20.8. The molecule has 1 saturated heterocycles. The third-order valence-electron chi connectivity index (χ3n) is 5.12. The van der Waals surface area contributed by atoms with Crippen LogP contribution in [0.2, 0.25) is 5.02 Å². The zero-order valence-corrected chi connectivity index (χ0v) is 17.4. The average molecular weight is 421 g/mol. The fraction of sp³-hybridized carbons (Fsp3) is 0.381. The molecule has 1 heterocycles. The Morgan fingerprint density at radius 3 is 2.36 bits per heavy atom. The fourth-order valence-corrected chi connectivity index (χ4v) is 5.50. The Morgan fingerprint density at radius 2 is 1.79 bits per heavy atom. The van der Waals surface area contributed by atoms with Crippen molar-refractivity contribution >= 4 is 27.3 Å². The van der Waals surface area contributed by atoms with Crippen LogP contribution in [0, 0.1) is 0 Å². The molecule has 0 aromatic heterocycles. The van der Waals surface area contributed by atoms with Gasteiger partial charge < -0.3 is 5.32 Å². The van der Waals surface area contributed by atoms with Crippen molar-refractivity contribution in [1.82, 2.24) is 10.2 Å². The molecule has 7 heteroatoms. The Kier molecular flexibility index (Phi) is 6.75. The highest BCUT2D eigenvalue weighted by Gasteiger charge is 2.32. The third-order valence-corrected chi connectivity index (χ3v) is 7.12. The van der Waals surface area contributed by atoms with Gasteiger partial charge in [0.25, 0.3) is 0 Å². The van der Waals surface area contributed by atoms with Crippen molar-refractivity contribution in [3.63, 3.8) is 0 Å². The van der Waals surface area contributed by atoms with Gasteiger partial charge in [-0.25, -0.2) is 8.42 Å². The summed E-state index contributed by atoms with van der Waals surface area (Å²) in [4.78, 5) is 14.8. The Morgan fingerprint density at radius 1 is 1.14 bits per heavy atom. The van der Waals surface area contributed by atoms with Gasteiger partial charge in [0.2, 0.25) is 5.91 Å². The van der Waals surface area contributed by atoms with Gasteiger partial charge in [-0.3, -0.25) is 9.69 Å². The molecule has 2 aromatic rings. The maximum atomic E-state index is 12.8. The van der Waals surface area contributed by atoms with E-state index in [0.717, 1.165) is 11.1 Å². The van der Waals surface area contributed by atoms with E-state index in [0.29, 0.717) is 18.0 Å². The summed E-state index contributed by atoms with van der Waals surface area (Å²) in [5.41, 5.74) is 1.92. The molecule has 1 N–H and O–H groups in total. The Balaban J connectivity index is 1.74. The van der Waals surface area contributed by atoms with E-state index in [1.165, 1.54) is 0 Å². The number of nitrogens with zero attached hydrogens (tertiary/aromatic N) is 1. The van der Waals surface area contributed by atoms with Crippen molar-refractivity contribution < 1.29 is 13.2 Å². The SMILES string of the molecule is CCN(CC(=O)N[C@H](c1ccccc1)c1ccc(Cl)cc1)[C@@H]1CCS(=O)(=O)C1. The largest absolute Gasteiger partial charge is 0.344 e. The number of hydrogen-bond acceptors (Lipinski definition) is 4. The van der Waals surface area contributed by atoms with Crippen molar-refractivity contribution in [1.29, 1.82) is 0 Å². The van der Waals surface area contributed by atoms with Gasteiger partial charge in [-0.2, -0.15) is 0 Å². The predicted octanol–water partition coefficient (Wildman–Crippen LogP) is 3.05. The van der Waals surface area contributed by atoms with Crippen LogP contribution in [0.15, 0.2) is 54.6 Å². The summed E-state index contributed by atoms with van der Waals surface area (Å²) in [6, 6.07) is 16.8. The molecule has 0 unspecified atom stereocenters. The molecule has 0 radical (unpaired) electrons. The number of amides is 1. The van der Waals surface area contributed by atoms with Crippen LogP contribution in [0.3, 0.4) is 0 Å². The fourth-order valence-electron chi connectivity index (χ4n) is 3.61. The molecule has 5 nitrogen and oxygen atoms in total. The molecule has 1 aliphatic heterocycles. The van der Waals surface area contributed by atoms with Crippen LogP contribution in [-0.4, -0.2) is 49.9 Å². The molecule has 3 rings (SSSR count). The maximum Gasteiger partial charge on any atom is 0.234 e. The van der Waals surface area contributed by atoms with Crippen LogP contribution in [0.1, 0.15) is 30.5 Å². The van der Waals surface area contributed by atoms with Crippen LogP contribution in [-0.2, 0) is 14.6 Å². The minimum absolute atomic E-state index is 0.0912. The number of halogens is 1. The standard InChI is InChI=1S/C21H25ClN2O3S/c1-2-24(19-12-13-28(26,27)15-19)14-20(25)23-21(16-6-4-3-5-7-16)17-8-10-18(22)11-9-17/h3-11,19,21H,2,12-15H2,1H3,(H,23,25)/t19-,21-/m1/s1. The molecule has 1 aliphatic rings. The topological polar surface area (TPSA) is 66.5 Å². The molecule has 0 spiro atoms. The van der Waals surface area contributed by atoms with E-state index < -0.39 is 9.84 Å². The summed E-state index contributed by atoms with van der Waals surface area (Å²) in [5.74, 6) is 0.204. The Hall–Kier alpha value is -1.89. The maximum absolute atomic E-state index is 12.8. The lowest BCUT2D eigenvalue weighted by atomic mass is 9.98. The second kappa shape index (κ2) is 9.07. The summed E-state index contributed by atoms with van der Waals surface area (Å²) in [6.07, 6.45) is 0.586. The van der Waals surface area contributed by atoms with Crippen LogP contribution in [0.25, 0.3) is 0 Å². The van der Waals surface area contributed by atoms with Crippen LogP contribution in [0.4, 0.5) is 0 Å². The minimum Gasteiger partial charge on any atom is -0.344 e. The van der Waals surface area contributed by atoms with Gasteiger partial charge in [-0.1, -0.05) is 61.0 Å². The van der Waals surface area contributed by atoms with E-state index in [9.17, 15) is 13.2 Å². The lowest BCUT2D eigenvalue weighted by molar-refractivity contribution is -0.123.